The van der Waals surface area contributed by atoms with Crippen LogP contribution in [-0.2, 0) is 0 Å². The van der Waals surface area contributed by atoms with Gasteiger partial charge >= 0.3 is 0 Å². The van der Waals surface area contributed by atoms with Gasteiger partial charge in [0, 0.05) is 60.5 Å². The van der Waals surface area contributed by atoms with Gasteiger partial charge in [0.25, 0.3) is 0 Å². The van der Waals surface area contributed by atoms with E-state index < -0.39 is 0 Å². The molecule has 9 heteroatoms. The van der Waals surface area contributed by atoms with E-state index >= 15 is 0 Å². The normalized spacial score (nSPS) is 17.7. The van der Waals surface area contributed by atoms with E-state index in [9.17, 15) is 0 Å². The van der Waals surface area contributed by atoms with E-state index in [2.05, 4.69) is 48.3 Å². The first-order valence-corrected chi connectivity index (χ1v) is 10.5. The number of rotatable bonds is 5. The lowest BCUT2D eigenvalue weighted by molar-refractivity contribution is 0.334. The van der Waals surface area contributed by atoms with Crippen LogP contribution in [0.3, 0.4) is 0 Å². The van der Waals surface area contributed by atoms with Crippen molar-refractivity contribution in [1.29, 1.82) is 0 Å². The Morgan fingerprint density at radius 2 is 2.00 bits per heavy atom. The highest BCUT2D eigenvalue weighted by molar-refractivity contribution is 5.90. The fourth-order valence-electron chi connectivity index (χ4n) is 4.67. The van der Waals surface area contributed by atoms with E-state index in [-0.39, 0.29) is 6.04 Å². The number of aromatic nitrogens is 7. The van der Waals surface area contributed by atoms with Crippen LogP contribution in [0.25, 0.3) is 33.3 Å². The SMILES string of the molecule is NCC(C1CCN(c2ccc3cc[nH]c3n2)C1)n1cc(-c2ncnc3[nH]ccc23)cn1. The van der Waals surface area contributed by atoms with E-state index in [1.165, 1.54) is 0 Å². The summed E-state index contributed by atoms with van der Waals surface area (Å²) in [7, 11) is 0. The molecule has 9 nitrogen and oxygen atoms in total. The molecule has 0 amide bonds. The van der Waals surface area contributed by atoms with Gasteiger partial charge < -0.3 is 20.6 Å². The average Bonchev–Trinajstić information content (AvgIpc) is 3.60. The van der Waals surface area contributed by atoms with Crippen LogP contribution in [-0.4, -0.2) is 54.3 Å². The van der Waals surface area contributed by atoms with Crippen LogP contribution in [0.1, 0.15) is 12.5 Å². The van der Waals surface area contributed by atoms with Gasteiger partial charge in [0.05, 0.1) is 17.9 Å². The Kier molecular flexibility index (Phi) is 4.20. The number of aromatic amines is 2. The predicted molar refractivity (Wildman–Crippen MR) is 120 cm³/mol. The second-order valence-electron chi connectivity index (χ2n) is 8.05. The van der Waals surface area contributed by atoms with Gasteiger partial charge in [-0.15, -0.1) is 0 Å². The minimum atomic E-state index is 0.122. The summed E-state index contributed by atoms with van der Waals surface area (Å²) in [6.07, 6.45) is 10.4. The third kappa shape index (κ3) is 3.05. The van der Waals surface area contributed by atoms with E-state index in [0.717, 1.165) is 58.7 Å². The van der Waals surface area contributed by atoms with Gasteiger partial charge in [-0.25, -0.2) is 15.0 Å². The van der Waals surface area contributed by atoms with Crippen LogP contribution in [0, 0.1) is 5.92 Å². The Morgan fingerprint density at radius 1 is 1.10 bits per heavy atom. The molecular formula is C22H23N9. The summed E-state index contributed by atoms with van der Waals surface area (Å²) in [4.78, 5) is 22.2. The number of anilines is 1. The quantitative estimate of drug-likeness (QED) is 0.408. The van der Waals surface area contributed by atoms with Crippen LogP contribution >= 0.6 is 0 Å². The van der Waals surface area contributed by atoms with Crippen molar-refractivity contribution in [1.82, 2.24) is 34.7 Å². The van der Waals surface area contributed by atoms with E-state index in [0.29, 0.717) is 12.5 Å². The van der Waals surface area contributed by atoms with E-state index in [4.69, 9.17) is 10.7 Å². The molecule has 6 heterocycles. The van der Waals surface area contributed by atoms with Gasteiger partial charge in [0.1, 0.15) is 23.4 Å². The molecule has 2 unspecified atom stereocenters. The summed E-state index contributed by atoms with van der Waals surface area (Å²) >= 11 is 0. The minimum absolute atomic E-state index is 0.122. The maximum atomic E-state index is 6.22. The molecular weight excluding hydrogens is 390 g/mol. The summed E-state index contributed by atoms with van der Waals surface area (Å²) in [6.45, 7) is 2.41. The molecule has 2 atom stereocenters. The molecule has 0 bridgehead atoms. The van der Waals surface area contributed by atoms with Crippen LogP contribution < -0.4 is 10.6 Å². The highest BCUT2D eigenvalue weighted by Crippen LogP contribution is 2.32. The van der Waals surface area contributed by atoms with Gasteiger partial charge in [-0.05, 0) is 30.7 Å². The number of fused-ring (bicyclic) bond motifs is 2. The number of hydrogen-bond donors (Lipinski definition) is 3. The molecule has 1 aliphatic rings. The zero-order valence-corrected chi connectivity index (χ0v) is 16.9. The molecule has 31 heavy (non-hydrogen) atoms. The first-order chi connectivity index (χ1) is 15.3. The Balaban J connectivity index is 1.25. The topological polar surface area (TPSA) is 117 Å². The fourth-order valence-corrected chi connectivity index (χ4v) is 4.67. The van der Waals surface area contributed by atoms with Crippen molar-refractivity contribution in [3.8, 4) is 11.3 Å². The molecule has 6 rings (SSSR count). The lowest BCUT2D eigenvalue weighted by Gasteiger charge is -2.23. The summed E-state index contributed by atoms with van der Waals surface area (Å²) in [5, 5.41) is 6.78. The van der Waals surface area contributed by atoms with Gasteiger partial charge in [0.15, 0.2) is 0 Å². The second kappa shape index (κ2) is 7.21. The zero-order valence-electron chi connectivity index (χ0n) is 16.9. The zero-order chi connectivity index (χ0) is 20.8. The molecule has 1 fully saturated rings. The van der Waals surface area contributed by atoms with Crippen molar-refractivity contribution < 1.29 is 0 Å². The molecule has 1 saturated heterocycles. The largest absolute Gasteiger partial charge is 0.356 e. The number of nitrogens with two attached hydrogens (primary N) is 1. The maximum Gasteiger partial charge on any atom is 0.141 e. The Bertz CT molecular complexity index is 1350. The lowest BCUT2D eigenvalue weighted by Crippen LogP contribution is -2.30. The fraction of sp³-hybridized carbons (Fsp3) is 0.273. The lowest BCUT2D eigenvalue weighted by atomic mass is 9.99. The van der Waals surface area contributed by atoms with Gasteiger partial charge in [-0.1, -0.05) is 0 Å². The minimum Gasteiger partial charge on any atom is -0.356 e. The van der Waals surface area contributed by atoms with Crippen molar-refractivity contribution in [3.63, 3.8) is 0 Å². The summed E-state index contributed by atoms with van der Waals surface area (Å²) in [6, 6.07) is 8.37. The number of nitrogens with zero attached hydrogens (tertiary/aromatic N) is 6. The number of nitrogens with one attached hydrogen (secondary N) is 2. The average molecular weight is 413 g/mol. The predicted octanol–water partition coefficient (Wildman–Crippen LogP) is 2.72. The van der Waals surface area contributed by atoms with Crippen LogP contribution in [0.15, 0.2) is 55.4 Å². The summed E-state index contributed by atoms with van der Waals surface area (Å²) in [5.74, 6) is 1.40. The van der Waals surface area contributed by atoms with E-state index in [1.807, 2.05) is 35.4 Å². The molecule has 0 spiro atoms. The molecule has 4 N–H and O–H groups in total. The standard InChI is InChI=1S/C22H23N9/c23-9-18(15-5-8-30(11-15)19-2-1-14-3-6-24-21(14)29-19)31-12-16(10-28-31)20-17-4-7-25-22(17)27-13-26-20/h1-4,6-7,10,12-13,15,18H,5,8-9,11,23H2,(H,24,29)(H,25,26,27). The molecule has 156 valence electrons. The van der Waals surface area contributed by atoms with Crippen LogP contribution in [0.4, 0.5) is 5.82 Å². The summed E-state index contributed by atoms with van der Waals surface area (Å²) < 4.78 is 2.01. The third-order valence-corrected chi connectivity index (χ3v) is 6.30. The Hall–Kier alpha value is -3.72. The molecule has 0 saturated carbocycles. The molecule has 0 radical (unpaired) electrons. The first-order valence-electron chi connectivity index (χ1n) is 10.5. The van der Waals surface area contributed by atoms with Crippen molar-refractivity contribution in [2.24, 2.45) is 11.7 Å². The third-order valence-electron chi connectivity index (χ3n) is 6.30. The van der Waals surface area contributed by atoms with Crippen LogP contribution in [0.2, 0.25) is 0 Å². The van der Waals surface area contributed by atoms with Crippen molar-refractivity contribution >= 4 is 27.9 Å². The molecule has 5 aromatic rings. The van der Waals surface area contributed by atoms with Crippen molar-refractivity contribution in [2.75, 3.05) is 24.5 Å². The second-order valence-corrected chi connectivity index (χ2v) is 8.05. The Labute approximate surface area is 178 Å². The highest BCUT2D eigenvalue weighted by Gasteiger charge is 2.31. The number of hydrogen-bond acceptors (Lipinski definition) is 6. The molecule has 5 aromatic heterocycles. The number of pyridine rings is 1. The molecule has 0 aromatic carbocycles. The first kappa shape index (κ1) is 18.1. The monoisotopic (exact) mass is 413 g/mol. The molecule has 0 aliphatic carbocycles. The van der Waals surface area contributed by atoms with E-state index in [1.54, 1.807) is 6.33 Å². The van der Waals surface area contributed by atoms with Gasteiger partial charge in [-0.3, -0.25) is 4.68 Å². The Morgan fingerprint density at radius 3 is 2.94 bits per heavy atom. The highest BCUT2D eigenvalue weighted by atomic mass is 15.3. The summed E-state index contributed by atoms with van der Waals surface area (Å²) in [5.41, 5.74) is 9.82. The van der Waals surface area contributed by atoms with Crippen molar-refractivity contribution in [3.05, 3.63) is 55.4 Å². The van der Waals surface area contributed by atoms with Gasteiger partial charge in [-0.2, -0.15) is 5.10 Å². The number of H-pyrrole nitrogens is 2. The van der Waals surface area contributed by atoms with Crippen molar-refractivity contribution in [2.45, 2.75) is 12.5 Å². The molecule has 1 aliphatic heterocycles. The smallest absolute Gasteiger partial charge is 0.141 e. The van der Waals surface area contributed by atoms with Crippen LogP contribution in [0.5, 0.6) is 0 Å². The maximum absolute atomic E-state index is 6.22. The van der Waals surface area contributed by atoms with Gasteiger partial charge in [0.2, 0.25) is 0 Å².